The van der Waals surface area contributed by atoms with Crippen LogP contribution in [0, 0.1) is 6.92 Å². The van der Waals surface area contributed by atoms with E-state index in [9.17, 15) is 0 Å². The Balaban J connectivity index is 2.61. The van der Waals surface area contributed by atoms with Gasteiger partial charge in [-0.05, 0) is 24.6 Å². The summed E-state index contributed by atoms with van der Waals surface area (Å²) in [6.07, 6.45) is 1.78. The van der Waals surface area contributed by atoms with Gasteiger partial charge < -0.3 is 0 Å². The summed E-state index contributed by atoms with van der Waals surface area (Å²) >= 11 is 6.09. The van der Waals surface area contributed by atoms with Crippen molar-refractivity contribution in [3.63, 3.8) is 0 Å². The number of nitrogens with zero attached hydrogens (tertiary/aromatic N) is 1. The SMILES string of the molecule is Cc1cccnc1-c1ccccc1Cl. The van der Waals surface area contributed by atoms with Crippen molar-refractivity contribution in [2.75, 3.05) is 0 Å². The van der Waals surface area contributed by atoms with E-state index in [1.165, 1.54) is 0 Å². The molecule has 0 aliphatic heterocycles. The van der Waals surface area contributed by atoms with Crippen molar-refractivity contribution in [3.05, 3.63) is 53.2 Å². The number of benzene rings is 1. The van der Waals surface area contributed by atoms with Gasteiger partial charge in [-0.25, -0.2) is 0 Å². The molecule has 1 aromatic heterocycles. The van der Waals surface area contributed by atoms with Gasteiger partial charge in [-0.2, -0.15) is 0 Å². The van der Waals surface area contributed by atoms with Gasteiger partial charge >= 0.3 is 0 Å². The number of hydrogen-bond acceptors (Lipinski definition) is 1. The van der Waals surface area contributed by atoms with Crippen molar-refractivity contribution >= 4 is 11.6 Å². The summed E-state index contributed by atoms with van der Waals surface area (Å²) in [5, 5.41) is 0.745. The standard InChI is InChI=1S/C12H10ClN/c1-9-5-4-8-14-12(9)10-6-2-3-7-11(10)13/h2-8H,1H3. The molecule has 1 nitrogen and oxygen atoms in total. The maximum atomic E-state index is 6.09. The molecular formula is C12H10ClN. The van der Waals surface area contributed by atoms with Gasteiger partial charge in [0.25, 0.3) is 0 Å². The summed E-state index contributed by atoms with van der Waals surface area (Å²) in [5.74, 6) is 0. The summed E-state index contributed by atoms with van der Waals surface area (Å²) in [5.41, 5.74) is 3.09. The lowest BCUT2D eigenvalue weighted by atomic mass is 10.1. The van der Waals surface area contributed by atoms with E-state index in [0.717, 1.165) is 21.8 Å². The fraction of sp³-hybridized carbons (Fsp3) is 0.0833. The zero-order valence-corrected chi connectivity index (χ0v) is 8.62. The van der Waals surface area contributed by atoms with Crippen LogP contribution in [0.25, 0.3) is 11.3 Å². The summed E-state index contributed by atoms with van der Waals surface area (Å²) in [4.78, 5) is 4.32. The zero-order chi connectivity index (χ0) is 9.97. The molecule has 2 heteroatoms. The predicted molar refractivity (Wildman–Crippen MR) is 59.4 cm³/mol. The monoisotopic (exact) mass is 203 g/mol. The van der Waals surface area contributed by atoms with E-state index in [-0.39, 0.29) is 0 Å². The molecule has 0 aliphatic rings. The first-order chi connectivity index (χ1) is 6.79. The van der Waals surface area contributed by atoms with Gasteiger partial charge in [-0.3, -0.25) is 4.98 Å². The fourth-order valence-electron chi connectivity index (χ4n) is 1.42. The third kappa shape index (κ3) is 1.64. The van der Waals surface area contributed by atoms with Gasteiger partial charge in [-0.1, -0.05) is 35.9 Å². The van der Waals surface area contributed by atoms with Crippen LogP contribution in [0.2, 0.25) is 5.02 Å². The topological polar surface area (TPSA) is 12.9 Å². The van der Waals surface area contributed by atoms with Gasteiger partial charge in [0.2, 0.25) is 0 Å². The van der Waals surface area contributed by atoms with E-state index < -0.39 is 0 Å². The molecule has 2 aromatic rings. The number of pyridine rings is 1. The lowest BCUT2D eigenvalue weighted by Crippen LogP contribution is -1.87. The van der Waals surface area contributed by atoms with Gasteiger partial charge in [-0.15, -0.1) is 0 Å². The molecule has 0 saturated carbocycles. The van der Waals surface area contributed by atoms with E-state index in [1.54, 1.807) is 6.20 Å². The number of aromatic nitrogens is 1. The number of halogens is 1. The van der Waals surface area contributed by atoms with E-state index in [0.29, 0.717) is 0 Å². The van der Waals surface area contributed by atoms with Crippen molar-refractivity contribution in [2.45, 2.75) is 6.92 Å². The lowest BCUT2D eigenvalue weighted by molar-refractivity contribution is 1.27. The van der Waals surface area contributed by atoms with Gasteiger partial charge in [0.1, 0.15) is 0 Å². The maximum Gasteiger partial charge on any atom is 0.0746 e. The minimum absolute atomic E-state index is 0.745. The number of rotatable bonds is 1. The van der Waals surface area contributed by atoms with Crippen LogP contribution in [0.4, 0.5) is 0 Å². The molecule has 0 bridgehead atoms. The van der Waals surface area contributed by atoms with Crippen LogP contribution in [0.5, 0.6) is 0 Å². The Kier molecular flexibility index (Phi) is 2.51. The molecule has 0 spiro atoms. The second kappa shape index (κ2) is 3.81. The van der Waals surface area contributed by atoms with Crippen molar-refractivity contribution in [2.24, 2.45) is 0 Å². The zero-order valence-electron chi connectivity index (χ0n) is 7.87. The number of hydrogen-bond donors (Lipinski definition) is 0. The van der Waals surface area contributed by atoms with Crippen LogP contribution in [0.15, 0.2) is 42.6 Å². The highest BCUT2D eigenvalue weighted by atomic mass is 35.5. The molecule has 0 atom stereocenters. The van der Waals surface area contributed by atoms with E-state index >= 15 is 0 Å². The molecule has 2 rings (SSSR count). The Labute approximate surface area is 88.4 Å². The van der Waals surface area contributed by atoms with Crippen molar-refractivity contribution < 1.29 is 0 Å². The third-order valence-corrected chi connectivity index (χ3v) is 2.47. The van der Waals surface area contributed by atoms with Crippen LogP contribution in [0.3, 0.4) is 0 Å². The van der Waals surface area contributed by atoms with Crippen molar-refractivity contribution in [1.82, 2.24) is 4.98 Å². The van der Waals surface area contributed by atoms with E-state index in [4.69, 9.17) is 11.6 Å². The first-order valence-electron chi connectivity index (χ1n) is 4.45. The fourth-order valence-corrected chi connectivity index (χ4v) is 1.65. The average molecular weight is 204 g/mol. The summed E-state index contributed by atoms with van der Waals surface area (Å²) in [7, 11) is 0. The smallest absolute Gasteiger partial charge is 0.0746 e. The van der Waals surface area contributed by atoms with Gasteiger partial charge in [0, 0.05) is 16.8 Å². The minimum atomic E-state index is 0.745. The average Bonchev–Trinajstić information content (AvgIpc) is 2.20. The van der Waals surface area contributed by atoms with Crippen molar-refractivity contribution in [3.8, 4) is 11.3 Å². The first kappa shape index (κ1) is 9.22. The van der Waals surface area contributed by atoms with E-state index in [2.05, 4.69) is 4.98 Å². The molecule has 0 aliphatic carbocycles. The molecule has 1 heterocycles. The van der Waals surface area contributed by atoms with Crippen LogP contribution >= 0.6 is 11.6 Å². The van der Waals surface area contributed by atoms with Crippen LogP contribution in [-0.4, -0.2) is 4.98 Å². The molecule has 0 N–H and O–H groups in total. The minimum Gasteiger partial charge on any atom is -0.256 e. The lowest BCUT2D eigenvalue weighted by Gasteiger charge is -2.05. The first-order valence-corrected chi connectivity index (χ1v) is 4.83. The molecule has 0 fully saturated rings. The summed E-state index contributed by atoms with van der Waals surface area (Å²) < 4.78 is 0. The molecular weight excluding hydrogens is 194 g/mol. The highest BCUT2D eigenvalue weighted by Gasteiger charge is 2.05. The van der Waals surface area contributed by atoms with Gasteiger partial charge in [0.15, 0.2) is 0 Å². The van der Waals surface area contributed by atoms with Crippen molar-refractivity contribution in [1.29, 1.82) is 0 Å². The Bertz CT molecular complexity index is 408. The largest absolute Gasteiger partial charge is 0.256 e. The summed E-state index contributed by atoms with van der Waals surface area (Å²) in [6.45, 7) is 2.03. The highest BCUT2D eigenvalue weighted by molar-refractivity contribution is 6.33. The predicted octanol–water partition coefficient (Wildman–Crippen LogP) is 3.71. The molecule has 0 unspecified atom stereocenters. The summed E-state index contributed by atoms with van der Waals surface area (Å²) in [6, 6.07) is 11.7. The Hall–Kier alpha value is -1.34. The van der Waals surface area contributed by atoms with Crippen LogP contribution in [0.1, 0.15) is 5.56 Å². The van der Waals surface area contributed by atoms with Gasteiger partial charge in [0.05, 0.1) is 5.69 Å². The molecule has 14 heavy (non-hydrogen) atoms. The van der Waals surface area contributed by atoms with Crippen LogP contribution in [-0.2, 0) is 0 Å². The number of aryl methyl sites for hydroxylation is 1. The highest BCUT2D eigenvalue weighted by Crippen LogP contribution is 2.27. The second-order valence-electron chi connectivity index (χ2n) is 3.15. The van der Waals surface area contributed by atoms with E-state index in [1.807, 2.05) is 43.3 Å². The Morgan fingerprint density at radius 3 is 2.57 bits per heavy atom. The Morgan fingerprint density at radius 2 is 1.86 bits per heavy atom. The molecule has 0 amide bonds. The quantitative estimate of drug-likeness (QED) is 0.689. The van der Waals surface area contributed by atoms with Crippen LogP contribution < -0.4 is 0 Å². The molecule has 1 aromatic carbocycles. The second-order valence-corrected chi connectivity index (χ2v) is 3.56. The third-order valence-electron chi connectivity index (χ3n) is 2.14. The molecule has 0 radical (unpaired) electrons. The molecule has 70 valence electrons. The Morgan fingerprint density at radius 1 is 1.07 bits per heavy atom. The normalized spacial score (nSPS) is 10.1. The molecule has 0 saturated heterocycles. The maximum absolute atomic E-state index is 6.09.